The molecule has 32 heavy (non-hydrogen) atoms. The van der Waals surface area contributed by atoms with Crippen molar-refractivity contribution in [2.45, 2.75) is 63.6 Å². The lowest BCUT2D eigenvalue weighted by atomic mass is 9.99. The van der Waals surface area contributed by atoms with Gasteiger partial charge in [-0.2, -0.15) is 0 Å². The van der Waals surface area contributed by atoms with E-state index >= 15 is 0 Å². The molecule has 4 nitrogen and oxygen atoms in total. The van der Waals surface area contributed by atoms with Gasteiger partial charge in [0, 0.05) is 13.1 Å². The van der Waals surface area contributed by atoms with Crippen molar-refractivity contribution in [3.63, 3.8) is 0 Å². The average Bonchev–Trinajstić information content (AvgIpc) is 2.84. The van der Waals surface area contributed by atoms with Crippen LogP contribution in [0.4, 0.5) is 0 Å². The van der Waals surface area contributed by atoms with Crippen molar-refractivity contribution < 1.29 is 10.2 Å². The number of piperidine rings is 2. The molecule has 0 bridgehead atoms. The summed E-state index contributed by atoms with van der Waals surface area (Å²) in [4.78, 5) is 4.77. The molecular weight excluding hydrogens is 396 g/mol. The molecule has 2 heterocycles. The Bertz CT molecular complexity index is 724. The number of nitrogens with zero attached hydrogens (tertiary/aromatic N) is 2. The molecule has 2 aliphatic heterocycles. The third kappa shape index (κ3) is 6.89. The first-order valence-corrected chi connectivity index (χ1v) is 12.7. The number of hydrogen-bond acceptors (Lipinski definition) is 4. The van der Waals surface area contributed by atoms with Crippen molar-refractivity contribution in [3.8, 4) is 0 Å². The molecule has 4 rings (SSSR count). The van der Waals surface area contributed by atoms with Gasteiger partial charge in [-0.3, -0.25) is 0 Å². The first-order valence-electron chi connectivity index (χ1n) is 12.7. The van der Waals surface area contributed by atoms with E-state index in [2.05, 4.69) is 58.3 Å². The first kappa shape index (κ1) is 23.4. The second-order valence-corrected chi connectivity index (χ2v) is 9.74. The zero-order chi connectivity index (χ0) is 22.2. The number of hydrogen-bond donors (Lipinski definition) is 2. The van der Waals surface area contributed by atoms with Crippen LogP contribution in [0, 0.1) is 0 Å². The highest BCUT2D eigenvalue weighted by Gasteiger charge is 2.17. The number of benzene rings is 2. The van der Waals surface area contributed by atoms with Crippen LogP contribution in [-0.4, -0.2) is 59.3 Å². The zero-order valence-electron chi connectivity index (χ0n) is 19.5. The molecule has 2 aromatic carbocycles. The molecule has 4 heteroatoms. The van der Waals surface area contributed by atoms with E-state index in [-0.39, 0.29) is 0 Å². The standard InChI is InChI=1S/C28H40N2O2/c31-27(21-29-17-3-1-4-18-29)25-13-9-23(10-14-25)7-8-24-11-15-26(16-12-24)28(32)22-30-19-5-2-6-20-30/h9-16,27-28,31-32H,1-8,17-22H2/t27-,28-/m0/s1. The van der Waals surface area contributed by atoms with Gasteiger partial charge in [0.25, 0.3) is 0 Å². The van der Waals surface area contributed by atoms with Crippen LogP contribution in [0.15, 0.2) is 48.5 Å². The van der Waals surface area contributed by atoms with Crippen molar-refractivity contribution in [3.05, 3.63) is 70.8 Å². The summed E-state index contributed by atoms with van der Waals surface area (Å²) >= 11 is 0. The highest BCUT2D eigenvalue weighted by Crippen LogP contribution is 2.20. The molecule has 2 aromatic rings. The molecule has 0 saturated carbocycles. The normalized spacial score (nSPS) is 20.2. The third-order valence-corrected chi connectivity index (χ3v) is 7.19. The number of aryl methyl sites for hydroxylation is 2. The Morgan fingerprint density at radius 3 is 1.22 bits per heavy atom. The molecular formula is C28H40N2O2. The third-order valence-electron chi connectivity index (χ3n) is 7.19. The van der Waals surface area contributed by atoms with Crippen LogP contribution in [0.5, 0.6) is 0 Å². The monoisotopic (exact) mass is 436 g/mol. The summed E-state index contributed by atoms with van der Waals surface area (Å²) in [6, 6.07) is 17.0. The molecule has 2 saturated heterocycles. The summed E-state index contributed by atoms with van der Waals surface area (Å²) in [5.41, 5.74) is 4.64. The van der Waals surface area contributed by atoms with Crippen molar-refractivity contribution in [2.24, 2.45) is 0 Å². The Balaban J connectivity index is 1.23. The lowest BCUT2D eigenvalue weighted by Gasteiger charge is -2.28. The first-order chi connectivity index (χ1) is 15.7. The lowest BCUT2D eigenvalue weighted by molar-refractivity contribution is 0.101. The fourth-order valence-corrected chi connectivity index (χ4v) is 5.09. The predicted octanol–water partition coefficient (Wildman–Crippen LogP) is 4.51. The maximum Gasteiger partial charge on any atom is 0.0916 e. The van der Waals surface area contributed by atoms with Gasteiger partial charge in [-0.15, -0.1) is 0 Å². The maximum absolute atomic E-state index is 10.6. The smallest absolute Gasteiger partial charge is 0.0916 e. The van der Waals surface area contributed by atoms with Crippen molar-refractivity contribution in [2.75, 3.05) is 39.3 Å². The Labute approximate surface area is 193 Å². The molecule has 0 amide bonds. The number of β-amino-alcohol motifs (C(OH)–C–C–N with tert-alkyl or cyclic N) is 2. The highest BCUT2D eigenvalue weighted by atomic mass is 16.3. The summed E-state index contributed by atoms with van der Waals surface area (Å²) in [7, 11) is 0. The minimum absolute atomic E-state index is 0.397. The van der Waals surface area contributed by atoms with Crippen LogP contribution in [-0.2, 0) is 12.8 Å². The molecule has 0 unspecified atom stereocenters. The Morgan fingerprint density at radius 1 is 0.531 bits per heavy atom. The molecule has 2 fully saturated rings. The quantitative estimate of drug-likeness (QED) is 0.607. The van der Waals surface area contributed by atoms with E-state index in [1.165, 1.54) is 49.7 Å². The largest absolute Gasteiger partial charge is 0.387 e. The molecule has 2 N–H and O–H groups in total. The van der Waals surface area contributed by atoms with Crippen molar-refractivity contribution in [1.29, 1.82) is 0 Å². The molecule has 0 spiro atoms. The zero-order valence-corrected chi connectivity index (χ0v) is 19.5. The fourth-order valence-electron chi connectivity index (χ4n) is 5.09. The summed E-state index contributed by atoms with van der Waals surface area (Å²) < 4.78 is 0. The van der Waals surface area contributed by atoms with E-state index in [4.69, 9.17) is 0 Å². The van der Waals surface area contributed by atoms with Crippen molar-refractivity contribution in [1.82, 2.24) is 9.80 Å². The lowest BCUT2D eigenvalue weighted by Crippen LogP contribution is -2.33. The van der Waals surface area contributed by atoms with E-state index < -0.39 is 12.2 Å². The van der Waals surface area contributed by atoms with E-state index in [1.807, 2.05) is 0 Å². The summed E-state index contributed by atoms with van der Waals surface area (Å²) in [5, 5.41) is 21.2. The SMILES string of the molecule is O[C@@H](CN1CCCCC1)c1ccc(CCc2ccc([C@@H](O)CN3CCCCC3)cc2)cc1. The van der Waals surface area contributed by atoms with Gasteiger partial charge in [-0.25, -0.2) is 0 Å². The van der Waals surface area contributed by atoms with Gasteiger partial charge < -0.3 is 20.0 Å². The van der Waals surface area contributed by atoms with E-state index in [9.17, 15) is 10.2 Å². The van der Waals surface area contributed by atoms with Gasteiger partial charge in [-0.05, 0) is 87.0 Å². The topological polar surface area (TPSA) is 46.9 Å². The molecule has 0 aromatic heterocycles. The Hall–Kier alpha value is -1.72. The molecule has 2 atom stereocenters. The van der Waals surface area contributed by atoms with Gasteiger partial charge in [-0.1, -0.05) is 61.4 Å². The number of aliphatic hydroxyl groups is 2. The van der Waals surface area contributed by atoms with Gasteiger partial charge in [0.2, 0.25) is 0 Å². The van der Waals surface area contributed by atoms with Crippen molar-refractivity contribution >= 4 is 0 Å². The van der Waals surface area contributed by atoms with E-state index in [0.29, 0.717) is 0 Å². The predicted molar refractivity (Wildman–Crippen MR) is 131 cm³/mol. The number of aliphatic hydroxyl groups excluding tert-OH is 2. The highest BCUT2D eigenvalue weighted by molar-refractivity contribution is 5.28. The molecule has 0 radical (unpaired) electrons. The second kappa shape index (κ2) is 11.9. The summed E-state index contributed by atoms with van der Waals surface area (Å²) in [5.74, 6) is 0. The molecule has 0 aliphatic carbocycles. The van der Waals surface area contributed by atoms with Crippen LogP contribution in [0.25, 0.3) is 0 Å². The number of rotatable bonds is 9. The second-order valence-electron chi connectivity index (χ2n) is 9.74. The van der Waals surface area contributed by atoms with Gasteiger partial charge in [0.15, 0.2) is 0 Å². The summed E-state index contributed by atoms with van der Waals surface area (Å²) in [6.07, 6.45) is 8.84. The van der Waals surface area contributed by atoms with Crippen LogP contribution in [0.2, 0.25) is 0 Å². The van der Waals surface area contributed by atoms with Crippen LogP contribution >= 0.6 is 0 Å². The average molecular weight is 437 g/mol. The van der Waals surface area contributed by atoms with Gasteiger partial charge >= 0.3 is 0 Å². The van der Waals surface area contributed by atoms with E-state index in [0.717, 1.165) is 63.2 Å². The molecule has 174 valence electrons. The molecule has 2 aliphatic rings. The van der Waals surface area contributed by atoms with Crippen LogP contribution < -0.4 is 0 Å². The van der Waals surface area contributed by atoms with Gasteiger partial charge in [0.1, 0.15) is 0 Å². The Morgan fingerprint density at radius 2 is 0.875 bits per heavy atom. The van der Waals surface area contributed by atoms with E-state index in [1.54, 1.807) is 0 Å². The maximum atomic E-state index is 10.6. The Kier molecular flexibility index (Phi) is 8.75. The minimum atomic E-state index is -0.397. The van der Waals surface area contributed by atoms with Crippen LogP contribution in [0.3, 0.4) is 0 Å². The van der Waals surface area contributed by atoms with Crippen LogP contribution in [0.1, 0.15) is 73.0 Å². The minimum Gasteiger partial charge on any atom is -0.387 e. The number of likely N-dealkylation sites (tertiary alicyclic amines) is 2. The summed E-state index contributed by atoms with van der Waals surface area (Å²) in [6.45, 7) is 5.95. The fraction of sp³-hybridized carbons (Fsp3) is 0.571. The van der Waals surface area contributed by atoms with Gasteiger partial charge in [0.05, 0.1) is 12.2 Å².